The van der Waals surface area contributed by atoms with Gasteiger partial charge in [0.25, 0.3) is 0 Å². The number of benzene rings is 2. The second-order valence-electron chi connectivity index (χ2n) is 8.03. The maximum atomic E-state index is 14.4. The molecular weight excluding hydrogens is 376 g/mol. The highest BCUT2D eigenvalue weighted by Gasteiger charge is 2.20. The van der Waals surface area contributed by atoms with E-state index in [1.54, 1.807) is 0 Å². The summed E-state index contributed by atoms with van der Waals surface area (Å²) in [5.74, 6) is 2.89. The van der Waals surface area contributed by atoms with E-state index in [0.717, 1.165) is 24.5 Å². The van der Waals surface area contributed by atoms with E-state index in [2.05, 4.69) is 18.8 Å². The molecule has 4 heteroatoms. The number of hydrogen-bond donors (Lipinski definition) is 0. The van der Waals surface area contributed by atoms with Crippen molar-refractivity contribution < 1.29 is 17.6 Å². The summed E-state index contributed by atoms with van der Waals surface area (Å²) in [7, 11) is 0. The molecule has 1 saturated carbocycles. The Balaban J connectivity index is 1.62. The Morgan fingerprint density at radius 2 is 1.38 bits per heavy atom. The minimum atomic E-state index is -1.04. The van der Waals surface area contributed by atoms with E-state index in [-0.39, 0.29) is 11.1 Å². The maximum Gasteiger partial charge on any atom is 0.160 e. The van der Waals surface area contributed by atoms with Crippen molar-refractivity contribution in [2.24, 2.45) is 11.8 Å². The van der Waals surface area contributed by atoms with Gasteiger partial charge in [0.15, 0.2) is 11.6 Å². The molecule has 3 rings (SSSR count). The largest absolute Gasteiger partial charge is 0.206 e. The summed E-state index contributed by atoms with van der Waals surface area (Å²) < 4.78 is 54.9. The molecule has 0 saturated heterocycles. The van der Waals surface area contributed by atoms with Crippen LogP contribution in [0.15, 0.2) is 30.3 Å². The maximum absolute atomic E-state index is 14.4. The van der Waals surface area contributed by atoms with Crippen molar-refractivity contribution in [2.75, 3.05) is 0 Å². The van der Waals surface area contributed by atoms with Gasteiger partial charge >= 0.3 is 0 Å². The SMILES string of the molecule is CCC[C@H]1CC[C@H](CCc2cc(F)c(C#Cc3ccc(F)c(F)c3)c(F)c2)CC1. The number of aryl methyl sites for hydroxylation is 1. The number of hydrogen-bond acceptors (Lipinski definition) is 0. The molecule has 0 spiro atoms. The molecule has 29 heavy (non-hydrogen) atoms. The van der Waals surface area contributed by atoms with Gasteiger partial charge in [-0.15, -0.1) is 0 Å². The molecular formula is C25H26F4. The van der Waals surface area contributed by atoms with E-state index in [4.69, 9.17) is 0 Å². The molecule has 2 aromatic rings. The van der Waals surface area contributed by atoms with Crippen LogP contribution in [0.3, 0.4) is 0 Å². The zero-order valence-electron chi connectivity index (χ0n) is 16.7. The van der Waals surface area contributed by atoms with Crippen LogP contribution >= 0.6 is 0 Å². The minimum absolute atomic E-state index is 0.158. The first kappa shape index (κ1) is 21.4. The fourth-order valence-corrected chi connectivity index (χ4v) is 4.19. The Labute approximate surface area is 170 Å². The first-order valence-electron chi connectivity index (χ1n) is 10.4. The van der Waals surface area contributed by atoms with Crippen molar-refractivity contribution in [2.45, 2.75) is 58.3 Å². The van der Waals surface area contributed by atoms with Crippen molar-refractivity contribution in [1.29, 1.82) is 0 Å². The monoisotopic (exact) mass is 402 g/mol. The van der Waals surface area contributed by atoms with Gasteiger partial charge in [-0.2, -0.15) is 0 Å². The van der Waals surface area contributed by atoms with Gasteiger partial charge in [0.2, 0.25) is 0 Å². The average Bonchev–Trinajstić information content (AvgIpc) is 2.70. The van der Waals surface area contributed by atoms with Crippen LogP contribution in [0, 0.1) is 46.9 Å². The third kappa shape index (κ3) is 5.85. The number of halogens is 4. The zero-order chi connectivity index (χ0) is 20.8. The topological polar surface area (TPSA) is 0 Å². The highest BCUT2D eigenvalue weighted by Crippen LogP contribution is 2.34. The Morgan fingerprint density at radius 3 is 1.97 bits per heavy atom. The molecule has 0 N–H and O–H groups in total. The summed E-state index contributed by atoms with van der Waals surface area (Å²) in [6.45, 7) is 2.22. The van der Waals surface area contributed by atoms with Crippen LogP contribution in [0.2, 0.25) is 0 Å². The van der Waals surface area contributed by atoms with Gasteiger partial charge < -0.3 is 0 Å². The van der Waals surface area contributed by atoms with Gasteiger partial charge in [0, 0.05) is 5.56 Å². The Morgan fingerprint density at radius 1 is 0.759 bits per heavy atom. The smallest absolute Gasteiger partial charge is 0.160 e. The Kier molecular flexibility index (Phi) is 7.36. The van der Waals surface area contributed by atoms with Gasteiger partial charge in [-0.05, 0) is 60.6 Å². The summed E-state index contributed by atoms with van der Waals surface area (Å²) in [5.41, 5.74) is 0.443. The molecule has 0 amide bonds. The average molecular weight is 402 g/mol. The number of rotatable bonds is 5. The molecule has 0 heterocycles. The van der Waals surface area contributed by atoms with Crippen molar-refractivity contribution >= 4 is 0 Å². The predicted molar refractivity (Wildman–Crippen MR) is 107 cm³/mol. The highest BCUT2D eigenvalue weighted by atomic mass is 19.2. The fraction of sp³-hybridized carbons (Fsp3) is 0.440. The van der Waals surface area contributed by atoms with Crippen LogP contribution in [-0.4, -0.2) is 0 Å². The molecule has 1 fully saturated rings. The summed E-state index contributed by atoms with van der Waals surface area (Å²) in [6, 6.07) is 5.78. The van der Waals surface area contributed by atoms with E-state index < -0.39 is 23.3 Å². The lowest BCUT2D eigenvalue weighted by atomic mass is 9.78. The lowest BCUT2D eigenvalue weighted by molar-refractivity contribution is 0.252. The van der Waals surface area contributed by atoms with Crippen LogP contribution in [-0.2, 0) is 6.42 Å². The van der Waals surface area contributed by atoms with Gasteiger partial charge in [0.05, 0.1) is 5.56 Å². The summed E-state index contributed by atoms with van der Waals surface area (Å²) in [5, 5.41) is 0. The second kappa shape index (κ2) is 9.96. The Bertz CT molecular complexity index is 876. The van der Waals surface area contributed by atoms with Crippen molar-refractivity contribution in [3.8, 4) is 11.8 Å². The third-order valence-electron chi connectivity index (χ3n) is 5.86. The zero-order valence-corrected chi connectivity index (χ0v) is 16.7. The van der Waals surface area contributed by atoms with Gasteiger partial charge in [-0.3, -0.25) is 0 Å². The second-order valence-corrected chi connectivity index (χ2v) is 8.03. The predicted octanol–water partition coefficient (Wildman–Crippen LogP) is 7.18. The van der Waals surface area contributed by atoms with Crippen LogP contribution in [0.25, 0.3) is 0 Å². The first-order chi connectivity index (χ1) is 14.0. The molecule has 0 nitrogen and oxygen atoms in total. The van der Waals surface area contributed by atoms with E-state index in [1.165, 1.54) is 56.7 Å². The summed E-state index contributed by atoms with van der Waals surface area (Å²) >= 11 is 0. The normalized spacial score (nSPS) is 18.9. The third-order valence-corrected chi connectivity index (χ3v) is 5.86. The molecule has 0 aliphatic heterocycles. The molecule has 0 unspecified atom stereocenters. The highest BCUT2D eigenvalue weighted by molar-refractivity contribution is 5.45. The van der Waals surface area contributed by atoms with Crippen molar-refractivity contribution in [1.82, 2.24) is 0 Å². The van der Waals surface area contributed by atoms with E-state index in [9.17, 15) is 17.6 Å². The van der Waals surface area contributed by atoms with Crippen LogP contribution in [0.4, 0.5) is 17.6 Å². The summed E-state index contributed by atoms with van der Waals surface area (Å²) in [6.07, 6.45) is 9.06. The lowest BCUT2D eigenvalue weighted by Gasteiger charge is -2.28. The van der Waals surface area contributed by atoms with Gasteiger partial charge in [-0.25, -0.2) is 17.6 Å². The molecule has 154 valence electrons. The molecule has 0 aromatic heterocycles. The molecule has 1 aliphatic rings. The van der Waals surface area contributed by atoms with Crippen LogP contribution in [0.5, 0.6) is 0 Å². The quantitative estimate of drug-likeness (QED) is 0.367. The Hall–Kier alpha value is -2.28. The summed E-state index contributed by atoms with van der Waals surface area (Å²) in [4.78, 5) is 0. The fourth-order valence-electron chi connectivity index (χ4n) is 4.19. The lowest BCUT2D eigenvalue weighted by Crippen LogP contribution is -2.15. The van der Waals surface area contributed by atoms with Crippen LogP contribution < -0.4 is 0 Å². The molecule has 0 radical (unpaired) electrons. The van der Waals surface area contributed by atoms with Gasteiger partial charge in [0.1, 0.15) is 11.6 Å². The van der Waals surface area contributed by atoms with E-state index in [0.29, 0.717) is 17.9 Å². The molecule has 2 aromatic carbocycles. The standard InChI is InChI=1S/C25H26F4/c1-2-3-17-4-6-18(7-5-17)8-9-20-15-23(27)21(24(28)16-20)12-10-19-11-13-22(26)25(29)14-19/h11,13-18H,2-9H2,1H3/t17-,18-. The molecule has 0 bridgehead atoms. The molecule has 0 atom stereocenters. The van der Waals surface area contributed by atoms with E-state index in [1.807, 2.05) is 0 Å². The molecule has 1 aliphatic carbocycles. The first-order valence-corrected chi connectivity index (χ1v) is 10.4. The van der Waals surface area contributed by atoms with Gasteiger partial charge in [-0.1, -0.05) is 57.3 Å². The van der Waals surface area contributed by atoms with Crippen LogP contribution in [0.1, 0.15) is 68.6 Å². The van der Waals surface area contributed by atoms with E-state index >= 15 is 0 Å². The van der Waals surface area contributed by atoms with Crippen molar-refractivity contribution in [3.63, 3.8) is 0 Å². The van der Waals surface area contributed by atoms with Crippen molar-refractivity contribution in [3.05, 3.63) is 70.3 Å². The minimum Gasteiger partial charge on any atom is -0.206 e.